The molecule has 0 aromatic rings. The summed E-state index contributed by atoms with van der Waals surface area (Å²) in [7, 11) is 1.83. The maximum Gasteiger partial charge on any atom is 0.0623 e. The van der Waals surface area contributed by atoms with E-state index in [0.29, 0.717) is 5.41 Å². The summed E-state index contributed by atoms with van der Waals surface area (Å²) in [4.78, 5) is 0. The third-order valence-electron chi connectivity index (χ3n) is 4.53. The molecule has 0 spiro atoms. The molecule has 2 heteroatoms. The topological polar surface area (TPSA) is 21.3 Å². The van der Waals surface area contributed by atoms with Crippen LogP contribution in [0.1, 0.15) is 66.2 Å². The smallest absolute Gasteiger partial charge is 0.0623 e. The van der Waals surface area contributed by atoms with Crippen LogP contribution in [0, 0.1) is 11.3 Å². The van der Waals surface area contributed by atoms with Crippen LogP contribution in [-0.4, -0.2) is 25.8 Å². The van der Waals surface area contributed by atoms with Crippen LogP contribution in [0.25, 0.3) is 0 Å². The summed E-state index contributed by atoms with van der Waals surface area (Å²) >= 11 is 0. The van der Waals surface area contributed by atoms with Crippen LogP contribution in [0.4, 0.5) is 0 Å². The molecule has 1 aliphatic carbocycles. The van der Waals surface area contributed by atoms with Gasteiger partial charge in [-0.25, -0.2) is 0 Å². The number of methoxy groups -OCH3 is 1. The highest BCUT2D eigenvalue weighted by Gasteiger charge is 2.34. The lowest BCUT2D eigenvalue weighted by Crippen LogP contribution is -2.36. The van der Waals surface area contributed by atoms with Gasteiger partial charge in [0.1, 0.15) is 0 Å². The summed E-state index contributed by atoms with van der Waals surface area (Å²) in [5.41, 5.74) is 0.582. The molecule has 0 aromatic heterocycles. The van der Waals surface area contributed by atoms with E-state index in [1.807, 2.05) is 7.11 Å². The Bertz CT molecular complexity index is 229. The zero-order chi connectivity index (χ0) is 13.6. The van der Waals surface area contributed by atoms with Crippen molar-refractivity contribution in [1.82, 2.24) is 5.32 Å². The average molecular weight is 255 g/mol. The molecule has 1 rings (SSSR count). The van der Waals surface area contributed by atoms with Gasteiger partial charge >= 0.3 is 0 Å². The normalized spacial score (nSPS) is 19.7. The first-order valence-electron chi connectivity index (χ1n) is 7.65. The van der Waals surface area contributed by atoms with E-state index >= 15 is 0 Å². The predicted molar refractivity (Wildman–Crippen MR) is 78.9 cm³/mol. The Labute approximate surface area is 114 Å². The molecule has 0 saturated heterocycles. The molecule has 0 aliphatic heterocycles. The highest BCUT2D eigenvalue weighted by Crippen LogP contribution is 2.42. The molecule has 18 heavy (non-hydrogen) atoms. The van der Waals surface area contributed by atoms with Crippen molar-refractivity contribution < 1.29 is 4.74 Å². The highest BCUT2D eigenvalue weighted by atomic mass is 16.5. The third kappa shape index (κ3) is 5.27. The van der Waals surface area contributed by atoms with Crippen LogP contribution in [-0.2, 0) is 4.74 Å². The molecule has 0 aromatic carbocycles. The van der Waals surface area contributed by atoms with Gasteiger partial charge in [-0.1, -0.05) is 26.7 Å². The fourth-order valence-corrected chi connectivity index (χ4v) is 2.93. The maximum atomic E-state index is 5.56. The Balaban J connectivity index is 2.42. The van der Waals surface area contributed by atoms with Gasteiger partial charge in [0, 0.05) is 13.7 Å². The fourth-order valence-electron chi connectivity index (χ4n) is 2.93. The Morgan fingerprint density at radius 2 is 1.83 bits per heavy atom. The van der Waals surface area contributed by atoms with Crippen LogP contribution < -0.4 is 5.32 Å². The van der Waals surface area contributed by atoms with Crippen LogP contribution in [0.15, 0.2) is 0 Å². The van der Waals surface area contributed by atoms with Gasteiger partial charge in [-0.3, -0.25) is 0 Å². The molecule has 0 bridgehead atoms. The van der Waals surface area contributed by atoms with Crippen molar-refractivity contribution >= 4 is 0 Å². The number of rotatable bonds is 8. The molecule has 0 unspecified atom stereocenters. The van der Waals surface area contributed by atoms with Gasteiger partial charge < -0.3 is 10.1 Å². The molecule has 0 heterocycles. The SMILES string of the molecule is COC(C)(C)CCC1(CNCC(C)C)CCCC1. The first-order chi connectivity index (χ1) is 8.39. The summed E-state index contributed by atoms with van der Waals surface area (Å²) in [6.07, 6.45) is 8.11. The van der Waals surface area contributed by atoms with E-state index in [1.54, 1.807) is 0 Å². The molecular formula is C16H33NO. The lowest BCUT2D eigenvalue weighted by molar-refractivity contribution is 0.00363. The second-order valence-electron chi connectivity index (χ2n) is 7.20. The minimum Gasteiger partial charge on any atom is -0.379 e. The van der Waals surface area contributed by atoms with E-state index < -0.39 is 0 Å². The predicted octanol–water partition coefficient (Wildman–Crippen LogP) is 4.00. The first-order valence-corrected chi connectivity index (χ1v) is 7.65. The molecule has 1 N–H and O–H groups in total. The van der Waals surface area contributed by atoms with E-state index in [4.69, 9.17) is 4.74 Å². The second kappa shape index (κ2) is 6.91. The van der Waals surface area contributed by atoms with Crippen LogP contribution in [0.5, 0.6) is 0 Å². The quantitative estimate of drug-likeness (QED) is 0.708. The van der Waals surface area contributed by atoms with Crippen LogP contribution in [0.2, 0.25) is 0 Å². The van der Waals surface area contributed by atoms with E-state index in [1.165, 1.54) is 45.1 Å². The third-order valence-corrected chi connectivity index (χ3v) is 4.53. The molecular weight excluding hydrogens is 222 g/mol. The molecule has 1 saturated carbocycles. The van der Waals surface area contributed by atoms with Crippen molar-refractivity contribution in [2.45, 2.75) is 71.8 Å². The summed E-state index contributed by atoms with van der Waals surface area (Å²) in [5, 5.41) is 3.68. The molecule has 0 amide bonds. The van der Waals surface area contributed by atoms with Gasteiger partial charge in [-0.2, -0.15) is 0 Å². The number of hydrogen-bond donors (Lipinski definition) is 1. The highest BCUT2D eigenvalue weighted by molar-refractivity contribution is 4.88. The van der Waals surface area contributed by atoms with Crippen LogP contribution in [0.3, 0.4) is 0 Å². The monoisotopic (exact) mass is 255 g/mol. The van der Waals surface area contributed by atoms with Gasteiger partial charge in [0.25, 0.3) is 0 Å². The number of hydrogen-bond acceptors (Lipinski definition) is 2. The van der Waals surface area contributed by atoms with Crippen molar-refractivity contribution in [1.29, 1.82) is 0 Å². The zero-order valence-electron chi connectivity index (χ0n) is 13.1. The summed E-state index contributed by atoms with van der Waals surface area (Å²) in [6, 6.07) is 0. The van der Waals surface area contributed by atoms with Gasteiger partial charge in [-0.15, -0.1) is 0 Å². The van der Waals surface area contributed by atoms with E-state index in [-0.39, 0.29) is 5.60 Å². The zero-order valence-corrected chi connectivity index (χ0v) is 13.1. The van der Waals surface area contributed by atoms with E-state index in [2.05, 4.69) is 33.0 Å². The largest absolute Gasteiger partial charge is 0.379 e. The Morgan fingerprint density at radius 1 is 1.22 bits per heavy atom. The number of nitrogens with one attached hydrogen (secondary N) is 1. The summed E-state index contributed by atoms with van der Waals surface area (Å²) in [6.45, 7) is 11.3. The second-order valence-corrected chi connectivity index (χ2v) is 7.20. The van der Waals surface area contributed by atoms with E-state index in [9.17, 15) is 0 Å². The standard InChI is InChI=1S/C16H33NO/c1-14(2)12-17-13-16(8-6-7-9-16)11-10-15(3,4)18-5/h14,17H,6-13H2,1-5H3. The van der Waals surface area contributed by atoms with Crippen molar-refractivity contribution in [3.63, 3.8) is 0 Å². The van der Waals surface area contributed by atoms with Crippen molar-refractivity contribution in [3.8, 4) is 0 Å². The lowest BCUT2D eigenvalue weighted by atomic mass is 9.79. The minimum absolute atomic E-state index is 0.0354. The first kappa shape index (κ1) is 16.0. The molecule has 0 atom stereocenters. The van der Waals surface area contributed by atoms with Crippen molar-refractivity contribution in [2.75, 3.05) is 20.2 Å². The Kier molecular flexibility index (Phi) is 6.13. The van der Waals surface area contributed by atoms with Crippen molar-refractivity contribution in [3.05, 3.63) is 0 Å². The summed E-state index contributed by atoms with van der Waals surface area (Å²) in [5.74, 6) is 0.749. The molecule has 0 radical (unpaired) electrons. The number of ether oxygens (including phenoxy) is 1. The van der Waals surface area contributed by atoms with Gasteiger partial charge in [0.2, 0.25) is 0 Å². The Morgan fingerprint density at radius 3 is 2.33 bits per heavy atom. The lowest BCUT2D eigenvalue weighted by Gasteiger charge is -2.33. The van der Waals surface area contributed by atoms with E-state index in [0.717, 1.165) is 12.5 Å². The molecule has 2 nitrogen and oxygen atoms in total. The Hall–Kier alpha value is -0.0800. The summed E-state index contributed by atoms with van der Waals surface area (Å²) < 4.78 is 5.56. The van der Waals surface area contributed by atoms with Crippen molar-refractivity contribution in [2.24, 2.45) is 11.3 Å². The fraction of sp³-hybridized carbons (Fsp3) is 1.00. The van der Waals surface area contributed by atoms with Gasteiger partial charge in [0.05, 0.1) is 5.60 Å². The maximum absolute atomic E-state index is 5.56. The molecule has 1 fully saturated rings. The van der Waals surface area contributed by atoms with Gasteiger partial charge in [-0.05, 0) is 57.4 Å². The average Bonchev–Trinajstić information content (AvgIpc) is 2.76. The van der Waals surface area contributed by atoms with Crippen LogP contribution >= 0.6 is 0 Å². The molecule has 108 valence electrons. The minimum atomic E-state index is 0.0354. The molecule has 1 aliphatic rings. The van der Waals surface area contributed by atoms with Gasteiger partial charge in [0.15, 0.2) is 0 Å².